The van der Waals surface area contributed by atoms with E-state index in [9.17, 15) is 0 Å². The fourth-order valence-electron chi connectivity index (χ4n) is 2.85. The summed E-state index contributed by atoms with van der Waals surface area (Å²) in [6.45, 7) is 8.55. The zero-order chi connectivity index (χ0) is 18.0. The molecule has 0 amide bonds. The second-order valence-corrected chi connectivity index (χ2v) is 8.46. The number of benzene rings is 2. The molecule has 0 aliphatic rings. The first kappa shape index (κ1) is 19.8. The standard InChI is InChI=1S/C20H29NO3Si/c1-4-22-25(23-5-2,24-6-3)15-9-14-21-17-18-12-13-19-10-7-8-11-20(19)16-18/h7-8,10-13,16-17H,4-6,9,14-15H2,1-3H3. The molecule has 0 spiro atoms. The molecule has 25 heavy (non-hydrogen) atoms. The van der Waals surface area contributed by atoms with Gasteiger partial charge in [0.1, 0.15) is 0 Å². The summed E-state index contributed by atoms with van der Waals surface area (Å²) >= 11 is 0. The molecule has 5 heteroatoms. The van der Waals surface area contributed by atoms with Gasteiger partial charge in [-0.15, -0.1) is 0 Å². The summed E-state index contributed by atoms with van der Waals surface area (Å²) in [6, 6.07) is 15.6. The Labute approximate surface area is 152 Å². The molecule has 2 aromatic carbocycles. The van der Waals surface area contributed by atoms with Gasteiger partial charge in [-0.2, -0.15) is 0 Å². The first-order valence-electron chi connectivity index (χ1n) is 9.13. The van der Waals surface area contributed by atoms with Crippen LogP contribution < -0.4 is 0 Å². The molecule has 0 N–H and O–H groups in total. The van der Waals surface area contributed by atoms with Crippen LogP contribution in [-0.2, 0) is 13.3 Å². The van der Waals surface area contributed by atoms with Gasteiger partial charge in [0.2, 0.25) is 0 Å². The fourth-order valence-corrected chi connectivity index (χ4v) is 5.44. The lowest BCUT2D eigenvalue weighted by Gasteiger charge is -2.28. The van der Waals surface area contributed by atoms with Crippen molar-refractivity contribution in [1.29, 1.82) is 0 Å². The molecule has 2 aromatic rings. The van der Waals surface area contributed by atoms with E-state index in [4.69, 9.17) is 13.3 Å². The Hall–Kier alpha value is -1.53. The Morgan fingerprint density at radius 3 is 2.16 bits per heavy atom. The summed E-state index contributed by atoms with van der Waals surface area (Å²) in [6.07, 6.45) is 2.84. The van der Waals surface area contributed by atoms with Gasteiger partial charge in [-0.3, -0.25) is 4.99 Å². The molecule has 2 rings (SSSR count). The van der Waals surface area contributed by atoms with Crippen LogP contribution >= 0.6 is 0 Å². The van der Waals surface area contributed by atoms with Gasteiger partial charge in [-0.1, -0.05) is 36.4 Å². The zero-order valence-corrected chi connectivity index (χ0v) is 16.5. The van der Waals surface area contributed by atoms with Gasteiger partial charge in [-0.05, 0) is 49.6 Å². The van der Waals surface area contributed by atoms with Crippen LogP contribution in [0.5, 0.6) is 0 Å². The average molecular weight is 360 g/mol. The minimum atomic E-state index is -2.53. The van der Waals surface area contributed by atoms with E-state index in [-0.39, 0.29) is 0 Å². The molecule has 0 aliphatic heterocycles. The number of aliphatic imine (C=N–C) groups is 1. The predicted octanol–water partition coefficient (Wildman–Crippen LogP) is 4.70. The van der Waals surface area contributed by atoms with Crippen LogP contribution in [0.2, 0.25) is 6.04 Å². The molecule has 4 nitrogen and oxygen atoms in total. The molecular weight excluding hydrogens is 330 g/mol. The lowest BCUT2D eigenvalue weighted by atomic mass is 10.1. The second-order valence-electron chi connectivity index (χ2n) is 5.73. The second kappa shape index (κ2) is 10.5. The van der Waals surface area contributed by atoms with E-state index in [1.54, 1.807) is 0 Å². The maximum absolute atomic E-state index is 5.87. The first-order valence-corrected chi connectivity index (χ1v) is 11.1. The molecule has 0 saturated carbocycles. The summed E-state index contributed by atoms with van der Waals surface area (Å²) in [5.41, 5.74) is 1.13. The molecular formula is C20H29NO3Si. The van der Waals surface area contributed by atoms with E-state index in [1.165, 1.54) is 10.8 Å². The van der Waals surface area contributed by atoms with Crippen molar-refractivity contribution in [1.82, 2.24) is 0 Å². The average Bonchev–Trinajstić information content (AvgIpc) is 2.62. The fraction of sp³-hybridized carbons (Fsp3) is 0.450. The molecule has 0 atom stereocenters. The molecule has 0 saturated heterocycles. The SMILES string of the molecule is CCO[Si](CCCN=Cc1ccc2ccccc2c1)(OCC)OCC. The summed E-state index contributed by atoms with van der Waals surface area (Å²) < 4.78 is 17.6. The van der Waals surface area contributed by atoms with Crippen molar-refractivity contribution in [2.75, 3.05) is 26.4 Å². The third-order valence-electron chi connectivity index (χ3n) is 3.88. The third kappa shape index (κ3) is 6.04. The Morgan fingerprint density at radius 1 is 0.880 bits per heavy atom. The summed E-state index contributed by atoms with van der Waals surface area (Å²) in [4.78, 5) is 4.56. The van der Waals surface area contributed by atoms with Crippen molar-refractivity contribution in [3.8, 4) is 0 Å². The van der Waals surface area contributed by atoms with Gasteiger partial charge >= 0.3 is 8.80 Å². The first-order chi connectivity index (χ1) is 12.2. The molecule has 0 radical (unpaired) electrons. The Kier molecular flexibility index (Phi) is 8.28. The minimum Gasteiger partial charge on any atom is -0.374 e. The summed E-state index contributed by atoms with van der Waals surface area (Å²) in [5.74, 6) is 0. The van der Waals surface area contributed by atoms with Gasteiger partial charge in [0.15, 0.2) is 0 Å². The van der Waals surface area contributed by atoms with Crippen LogP contribution in [-0.4, -0.2) is 41.4 Å². The molecule has 136 valence electrons. The summed E-state index contributed by atoms with van der Waals surface area (Å²) in [5, 5.41) is 2.49. The molecule has 0 bridgehead atoms. The van der Waals surface area contributed by atoms with Gasteiger partial charge in [0.25, 0.3) is 0 Å². The number of hydrogen-bond acceptors (Lipinski definition) is 4. The van der Waals surface area contributed by atoms with Crippen molar-refractivity contribution in [2.24, 2.45) is 4.99 Å². The molecule has 0 unspecified atom stereocenters. The quantitative estimate of drug-likeness (QED) is 0.332. The topological polar surface area (TPSA) is 40.0 Å². The maximum atomic E-state index is 5.87. The normalized spacial score (nSPS) is 12.3. The zero-order valence-electron chi connectivity index (χ0n) is 15.5. The van der Waals surface area contributed by atoms with Crippen molar-refractivity contribution >= 4 is 25.8 Å². The molecule has 0 fully saturated rings. The maximum Gasteiger partial charge on any atom is 0.500 e. The van der Waals surface area contributed by atoms with Crippen molar-refractivity contribution in [2.45, 2.75) is 33.2 Å². The van der Waals surface area contributed by atoms with Crippen LogP contribution in [0.15, 0.2) is 47.5 Å². The van der Waals surface area contributed by atoms with E-state index in [0.29, 0.717) is 19.8 Å². The van der Waals surface area contributed by atoms with Gasteiger partial charge in [0, 0.05) is 38.6 Å². The third-order valence-corrected chi connectivity index (χ3v) is 7.03. The van der Waals surface area contributed by atoms with Gasteiger partial charge in [0.05, 0.1) is 0 Å². The van der Waals surface area contributed by atoms with Crippen LogP contribution in [0.4, 0.5) is 0 Å². The van der Waals surface area contributed by atoms with E-state index in [1.807, 2.05) is 27.0 Å². The molecule has 0 aliphatic carbocycles. The highest BCUT2D eigenvalue weighted by Gasteiger charge is 2.39. The highest BCUT2D eigenvalue weighted by Crippen LogP contribution is 2.18. The lowest BCUT2D eigenvalue weighted by Crippen LogP contribution is -2.46. The van der Waals surface area contributed by atoms with Gasteiger partial charge in [-0.25, -0.2) is 0 Å². The van der Waals surface area contributed by atoms with E-state index in [2.05, 4.69) is 47.5 Å². The van der Waals surface area contributed by atoms with Crippen LogP contribution in [0.25, 0.3) is 10.8 Å². The largest absolute Gasteiger partial charge is 0.500 e. The van der Waals surface area contributed by atoms with Crippen molar-refractivity contribution < 1.29 is 13.3 Å². The Morgan fingerprint density at radius 2 is 1.52 bits per heavy atom. The van der Waals surface area contributed by atoms with Crippen molar-refractivity contribution in [3.63, 3.8) is 0 Å². The van der Waals surface area contributed by atoms with Crippen LogP contribution in [0, 0.1) is 0 Å². The predicted molar refractivity (Wildman–Crippen MR) is 106 cm³/mol. The van der Waals surface area contributed by atoms with E-state index < -0.39 is 8.80 Å². The number of fused-ring (bicyclic) bond motifs is 1. The number of nitrogens with zero attached hydrogens (tertiary/aromatic N) is 1. The van der Waals surface area contributed by atoms with Crippen LogP contribution in [0.1, 0.15) is 32.8 Å². The highest BCUT2D eigenvalue weighted by atomic mass is 28.4. The highest BCUT2D eigenvalue weighted by molar-refractivity contribution is 6.60. The van der Waals surface area contributed by atoms with E-state index in [0.717, 1.165) is 24.6 Å². The number of hydrogen-bond donors (Lipinski definition) is 0. The Bertz CT molecular complexity index is 658. The minimum absolute atomic E-state index is 0.618. The molecule has 0 heterocycles. The molecule has 0 aromatic heterocycles. The monoisotopic (exact) mass is 359 g/mol. The number of rotatable bonds is 11. The van der Waals surface area contributed by atoms with Crippen molar-refractivity contribution in [3.05, 3.63) is 48.0 Å². The van der Waals surface area contributed by atoms with Gasteiger partial charge < -0.3 is 13.3 Å². The summed E-state index contributed by atoms with van der Waals surface area (Å²) in [7, 11) is -2.53. The van der Waals surface area contributed by atoms with E-state index >= 15 is 0 Å². The van der Waals surface area contributed by atoms with Crippen LogP contribution in [0.3, 0.4) is 0 Å². The lowest BCUT2D eigenvalue weighted by molar-refractivity contribution is 0.0710. The Balaban J connectivity index is 1.89. The smallest absolute Gasteiger partial charge is 0.374 e.